The molecule has 4 aromatic heterocycles. The van der Waals surface area contributed by atoms with Gasteiger partial charge >= 0.3 is 0 Å². The fraction of sp³-hybridized carbons (Fsp3) is 0.185. The summed E-state index contributed by atoms with van der Waals surface area (Å²) in [6, 6.07) is 22.0. The number of para-hydroxylation sites is 1. The summed E-state index contributed by atoms with van der Waals surface area (Å²) >= 11 is 0. The number of H-pyrrole nitrogens is 2. The van der Waals surface area contributed by atoms with Crippen LogP contribution in [0.2, 0.25) is 0 Å². The van der Waals surface area contributed by atoms with Gasteiger partial charge in [-0.15, -0.1) is 0 Å². The number of aromatic nitrogens is 8. The van der Waals surface area contributed by atoms with Gasteiger partial charge in [-0.1, -0.05) is 76.2 Å². The Labute approximate surface area is 213 Å². The Hall–Kier alpha value is -4.86. The molecule has 0 saturated heterocycles. The molecule has 0 radical (unpaired) electrons. The molecular weight excluding hydrogens is 468 g/mol. The zero-order valence-corrected chi connectivity index (χ0v) is 21.3. The van der Waals surface area contributed by atoms with Crippen molar-refractivity contribution in [2.45, 2.75) is 34.2 Å². The maximum Gasteiger partial charge on any atom is 0.273 e. The molecule has 0 aliphatic rings. The Kier molecular flexibility index (Phi) is 9.60. The molecule has 2 N–H and O–H groups in total. The minimum atomic E-state index is -0.178. The molecule has 0 spiro atoms. The number of nitrogens with one attached hydrogen (secondary N) is 2. The average molecular weight is 499 g/mol. The van der Waals surface area contributed by atoms with E-state index in [2.05, 4.69) is 30.6 Å². The smallest absolute Gasteiger partial charge is 0.273 e. The number of aromatic amines is 2. The van der Waals surface area contributed by atoms with Crippen LogP contribution in [0.5, 0.6) is 0 Å². The third-order valence-corrected chi connectivity index (χ3v) is 4.91. The van der Waals surface area contributed by atoms with Gasteiger partial charge in [-0.3, -0.25) is 19.8 Å². The quantitative estimate of drug-likeness (QED) is 0.374. The van der Waals surface area contributed by atoms with Crippen LogP contribution in [0, 0.1) is 0 Å². The van der Waals surface area contributed by atoms with Gasteiger partial charge in [-0.2, -0.15) is 25.1 Å². The number of nitrogens with zero attached hydrogens (tertiary/aromatic N) is 6. The second-order valence-corrected chi connectivity index (χ2v) is 7.19. The Morgan fingerprint density at radius 2 is 1.19 bits per heavy atom. The predicted octanol–water partition coefficient (Wildman–Crippen LogP) is 4.33. The van der Waals surface area contributed by atoms with E-state index in [1.54, 1.807) is 12.4 Å². The zero-order chi connectivity index (χ0) is 26.6. The van der Waals surface area contributed by atoms with Gasteiger partial charge in [0.1, 0.15) is 11.0 Å². The fourth-order valence-electron chi connectivity index (χ4n) is 3.29. The standard InChI is InChI=1S/C12H10N4O.C11H8N4O.2C2H6/c17-12-6-10-11(7-13-14-10)15-16(12)8-9-4-2-1-3-5-9;16-11-6-9-10(7-12-13-9)14-15(11)8-4-2-1-3-5-8;2*1-2/h1-7,14H,8H2;1-7,13H;2*1-2H3. The van der Waals surface area contributed by atoms with Crippen LogP contribution in [0.1, 0.15) is 33.3 Å². The van der Waals surface area contributed by atoms with Crippen LogP contribution in [-0.2, 0) is 6.54 Å². The van der Waals surface area contributed by atoms with Crippen LogP contribution in [-0.4, -0.2) is 40.0 Å². The van der Waals surface area contributed by atoms with Gasteiger partial charge in [-0.25, -0.2) is 4.68 Å². The van der Waals surface area contributed by atoms with Crippen molar-refractivity contribution in [3.05, 3.63) is 111 Å². The summed E-state index contributed by atoms with van der Waals surface area (Å²) in [5.74, 6) is 0. The minimum absolute atomic E-state index is 0.134. The molecule has 0 saturated carbocycles. The molecule has 190 valence electrons. The molecule has 0 aliphatic carbocycles. The summed E-state index contributed by atoms with van der Waals surface area (Å²) in [5, 5.41) is 21.6. The Morgan fingerprint density at radius 3 is 1.78 bits per heavy atom. The summed E-state index contributed by atoms with van der Waals surface area (Å²) in [5.41, 5.74) is 4.16. The molecule has 0 aliphatic heterocycles. The van der Waals surface area contributed by atoms with Crippen molar-refractivity contribution in [1.82, 2.24) is 40.0 Å². The monoisotopic (exact) mass is 498 g/mol. The van der Waals surface area contributed by atoms with Gasteiger partial charge in [0.05, 0.1) is 35.7 Å². The van der Waals surface area contributed by atoms with Crippen LogP contribution in [0.15, 0.2) is 94.8 Å². The highest BCUT2D eigenvalue weighted by Gasteiger charge is 2.05. The molecule has 0 amide bonds. The lowest BCUT2D eigenvalue weighted by molar-refractivity contribution is 0.653. The first-order chi connectivity index (χ1) is 18.2. The first kappa shape index (κ1) is 26.7. The Bertz CT molecular complexity index is 1630. The van der Waals surface area contributed by atoms with E-state index < -0.39 is 0 Å². The summed E-state index contributed by atoms with van der Waals surface area (Å²) in [7, 11) is 0. The topological polar surface area (TPSA) is 127 Å². The lowest BCUT2D eigenvalue weighted by Crippen LogP contribution is -2.22. The zero-order valence-electron chi connectivity index (χ0n) is 21.3. The van der Waals surface area contributed by atoms with E-state index in [0.717, 1.165) is 11.3 Å². The minimum Gasteiger partial charge on any atom is -0.276 e. The van der Waals surface area contributed by atoms with Gasteiger partial charge in [-0.05, 0) is 17.7 Å². The molecule has 4 heterocycles. The highest BCUT2D eigenvalue weighted by Crippen LogP contribution is 2.07. The molecule has 10 nitrogen and oxygen atoms in total. The van der Waals surface area contributed by atoms with Crippen LogP contribution in [0.3, 0.4) is 0 Å². The van der Waals surface area contributed by atoms with Crippen molar-refractivity contribution in [2.75, 3.05) is 0 Å². The molecule has 6 aromatic rings. The fourth-order valence-corrected chi connectivity index (χ4v) is 3.29. The van der Waals surface area contributed by atoms with Crippen molar-refractivity contribution in [2.24, 2.45) is 0 Å². The summed E-state index contributed by atoms with van der Waals surface area (Å²) in [4.78, 5) is 23.6. The van der Waals surface area contributed by atoms with Gasteiger partial charge in [0, 0.05) is 12.1 Å². The van der Waals surface area contributed by atoms with E-state index in [9.17, 15) is 9.59 Å². The molecule has 6 rings (SSSR count). The average Bonchev–Trinajstić information content (AvgIpc) is 3.61. The number of hydrogen-bond donors (Lipinski definition) is 2. The number of fused-ring (bicyclic) bond motifs is 2. The number of hydrogen-bond acceptors (Lipinski definition) is 6. The Morgan fingerprint density at radius 1 is 0.676 bits per heavy atom. The third-order valence-electron chi connectivity index (χ3n) is 4.91. The normalized spacial score (nSPS) is 9.95. The van der Waals surface area contributed by atoms with Crippen molar-refractivity contribution in [1.29, 1.82) is 0 Å². The predicted molar refractivity (Wildman–Crippen MR) is 146 cm³/mol. The highest BCUT2D eigenvalue weighted by atomic mass is 16.1. The third kappa shape index (κ3) is 6.63. The lowest BCUT2D eigenvalue weighted by atomic mass is 10.2. The van der Waals surface area contributed by atoms with Crippen molar-refractivity contribution in [3.63, 3.8) is 0 Å². The molecular formula is C27H30N8O2. The van der Waals surface area contributed by atoms with Crippen molar-refractivity contribution < 1.29 is 0 Å². The Balaban J connectivity index is 0.000000182. The van der Waals surface area contributed by atoms with E-state index in [-0.39, 0.29) is 11.1 Å². The van der Waals surface area contributed by atoms with Crippen LogP contribution >= 0.6 is 0 Å². The first-order valence-corrected chi connectivity index (χ1v) is 12.1. The van der Waals surface area contributed by atoms with Gasteiger partial charge < -0.3 is 0 Å². The largest absolute Gasteiger partial charge is 0.276 e. The van der Waals surface area contributed by atoms with E-state index in [0.29, 0.717) is 28.6 Å². The van der Waals surface area contributed by atoms with Crippen LogP contribution in [0.4, 0.5) is 0 Å². The van der Waals surface area contributed by atoms with E-state index in [4.69, 9.17) is 0 Å². The summed E-state index contributed by atoms with van der Waals surface area (Å²) in [6.45, 7) is 8.47. The first-order valence-electron chi connectivity index (χ1n) is 12.1. The molecule has 10 heteroatoms. The molecule has 0 bridgehead atoms. The second-order valence-electron chi connectivity index (χ2n) is 7.19. The molecule has 2 aromatic carbocycles. The van der Waals surface area contributed by atoms with E-state index >= 15 is 0 Å². The number of rotatable bonds is 3. The van der Waals surface area contributed by atoms with Gasteiger partial charge in [0.15, 0.2) is 0 Å². The SMILES string of the molecule is CC.CC.O=c1cc2[nH]ncc2nn1-c1ccccc1.O=c1cc2[nH]ncc2nn1Cc1ccccc1. The van der Waals surface area contributed by atoms with E-state index in [1.807, 2.05) is 88.4 Å². The molecule has 0 fully saturated rings. The van der Waals surface area contributed by atoms with Crippen LogP contribution in [0.25, 0.3) is 27.8 Å². The van der Waals surface area contributed by atoms with Gasteiger partial charge in [0.2, 0.25) is 0 Å². The van der Waals surface area contributed by atoms with Crippen molar-refractivity contribution >= 4 is 22.1 Å². The molecule has 37 heavy (non-hydrogen) atoms. The lowest BCUT2D eigenvalue weighted by Gasteiger charge is -2.03. The van der Waals surface area contributed by atoms with Gasteiger partial charge in [0.25, 0.3) is 11.1 Å². The summed E-state index contributed by atoms with van der Waals surface area (Å²) in [6.07, 6.45) is 3.20. The maximum absolute atomic E-state index is 11.8. The summed E-state index contributed by atoms with van der Waals surface area (Å²) < 4.78 is 2.80. The maximum atomic E-state index is 11.8. The number of benzene rings is 2. The molecule has 0 unspecified atom stereocenters. The van der Waals surface area contributed by atoms with Crippen LogP contribution < -0.4 is 11.1 Å². The van der Waals surface area contributed by atoms with E-state index in [1.165, 1.54) is 21.5 Å². The highest BCUT2D eigenvalue weighted by molar-refractivity contribution is 5.72. The molecule has 0 atom stereocenters. The second kappa shape index (κ2) is 13.3. The van der Waals surface area contributed by atoms with Crippen molar-refractivity contribution in [3.8, 4) is 5.69 Å².